The van der Waals surface area contributed by atoms with Crippen molar-refractivity contribution in [2.24, 2.45) is 0 Å². The second-order valence-corrected chi connectivity index (χ2v) is 4.23. The molecule has 0 saturated carbocycles. The van der Waals surface area contributed by atoms with Crippen molar-refractivity contribution < 1.29 is 9.53 Å². The number of hydrogen-bond donors (Lipinski definition) is 1. The maximum atomic E-state index is 11.5. The van der Waals surface area contributed by atoms with Crippen LogP contribution >= 0.6 is 0 Å². The number of nitrogens with zero attached hydrogens (tertiary/aromatic N) is 2. The molecule has 16 heavy (non-hydrogen) atoms. The Balaban J connectivity index is 3.06. The van der Waals surface area contributed by atoms with Gasteiger partial charge in [-0.1, -0.05) is 6.92 Å². The summed E-state index contributed by atoms with van der Waals surface area (Å²) in [7, 11) is 0. The van der Waals surface area contributed by atoms with E-state index in [-0.39, 0.29) is 11.2 Å². The van der Waals surface area contributed by atoms with Crippen molar-refractivity contribution in [3.63, 3.8) is 0 Å². The average Bonchev–Trinajstić information content (AvgIpc) is 2.61. The molecule has 1 heterocycles. The van der Waals surface area contributed by atoms with Crippen LogP contribution in [-0.4, -0.2) is 22.1 Å². The molecule has 5 heteroatoms. The van der Waals surface area contributed by atoms with E-state index >= 15 is 0 Å². The zero-order valence-corrected chi connectivity index (χ0v) is 10.3. The molecule has 0 aliphatic rings. The normalized spacial score (nSPS) is 11.5. The molecule has 0 fully saturated rings. The highest BCUT2D eigenvalue weighted by atomic mass is 16.5. The lowest BCUT2D eigenvalue weighted by molar-refractivity contribution is 0.0521. The highest BCUT2D eigenvalue weighted by Gasteiger charge is 2.24. The van der Waals surface area contributed by atoms with Gasteiger partial charge in [0.15, 0.2) is 5.69 Å². The van der Waals surface area contributed by atoms with E-state index in [0.29, 0.717) is 12.4 Å². The Hall–Kier alpha value is -1.52. The fraction of sp³-hybridized carbons (Fsp3) is 0.636. The van der Waals surface area contributed by atoms with Gasteiger partial charge in [0.05, 0.1) is 12.9 Å². The van der Waals surface area contributed by atoms with Crippen molar-refractivity contribution in [2.75, 3.05) is 12.3 Å². The van der Waals surface area contributed by atoms with Crippen molar-refractivity contribution in [3.05, 3.63) is 12.0 Å². The molecular weight excluding hydrogens is 206 g/mol. The SMILES string of the molecule is CCOC(=O)c1ncn(C(C)(C)CC)c1N. The number of nitrogen functional groups attached to an aromatic ring is 1. The van der Waals surface area contributed by atoms with Gasteiger partial charge in [-0.05, 0) is 27.2 Å². The minimum absolute atomic E-state index is 0.151. The fourth-order valence-corrected chi connectivity index (χ4v) is 1.37. The average molecular weight is 225 g/mol. The third-order valence-corrected chi connectivity index (χ3v) is 2.79. The predicted molar refractivity (Wildman–Crippen MR) is 62.2 cm³/mol. The third-order valence-electron chi connectivity index (χ3n) is 2.79. The summed E-state index contributed by atoms with van der Waals surface area (Å²) in [6, 6.07) is 0. The van der Waals surface area contributed by atoms with Crippen LogP contribution < -0.4 is 5.73 Å². The first-order valence-corrected chi connectivity index (χ1v) is 5.44. The number of nitrogens with two attached hydrogens (primary N) is 1. The molecule has 1 rings (SSSR count). The van der Waals surface area contributed by atoms with Gasteiger partial charge in [-0.2, -0.15) is 0 Å². The number of hydrogen-bond acceptors (Lipinski definition) is 4. The Kier molecular flexibility index (Phi) is 3.57. The molecule has 5 nitrogen and oxygen atoms in total. The lowest BCUT2D eigenvalue weighted by Crippen LogP contribution is -2.26. The number of ether oxygens (including phenoxy) is 1. The molecule has 1 aromatic rings. The van der Waals surface area contributed by atoms with E-state index in [2.05, 4.69) is 11.9 Å². The molecule has 0 unspecified atom stereocenters. The number of carbonyl (C=O) groups excluding carboxylic acids is 1. The summed E-state index contributed by atoms with van der Waals surface area (Å²) < 4.78 is 6.68. The maximum absolute atomic E-state index is 11.5. The minimum atomic E-state index is -0.467. The highest BCUT2D eigenvalue weighted by Crippen LogP contribution is 2.25. The van der Waals surface area contributed by atoms with Crippen LogP contribution in [0.5, 0.6) is 0 Å². The Morgan fingerprint density at radius 1 is 1.56 bits per heavy atom. The predicted octanol–water partition coefficient (Wildman–Crippen LogP) is 1.79. The topological polar surface area (TPSA) is 70.1 Å². The van der Waals surface area contributed by atoms with Gasteiger partial charge >= 0.3 is 5.97 Å². The summed E-state index contributed by atoms with van der Waals surface area (Å²) in [5, 5.41) is 0. The smallest absolute Gasteiger partial charge is 0.360 e. The van der Waals surface area contributed by atoms with Gasteiger partial charge in [-0.25, -0.2) is 9.78 Å². The molecule has 0 aliphatic heterocycles. The van der Waals surface area contributed by atoms with E-state index in [4.69, 9.17) is 10.5 Å². The summed E-state index contributed by atoms with van der Waals surface area (Å²) in [5.74, 6) is -0.101. The Labute approximate surface area is 95.6 Å². The first kappa shape index (κ1) is 12.5. The number of carbonyl (C=O) groups is 1. The van der Waals surface area contributed by atoms with Crippen LogP contribution in [-0.2, 0) is 10.3 Å². The van der Waals surface area contributed by atoms with Crippen molar-refractivity contribution in [3.8, 4) is 0 Å². The van der Waals surface area contributed by atoms with Gasteiger partial charge < -0.3 is 15.0 Å². The molecule has 0 atom stereocenters. The third kappa shape index (κ3) is 2.18. The molecule has 1 aromatic heterocycles. The Bertz CT molecular complexity index is 383. The largest absolute Gasteiger partial charge is 0.461 e. The van der Waals surface area contributed by atoms with Crippen LogP contribution in [0.2, 0.25) is 0 Å². The van der Waals surface area contributed by atoms with E-state index in [1.807, 2.05) is 13.8 Å². The van der Waals surface area contributed by atoms with E-state index in [1.54, 1.807) is 17.8 Å². The molecule has 0 saturated heterocycles. The Morgan fingerprint density at radius 2 is 2.19 bits per heavy atom. The summed E-state index contributed by atoms with van der Waals surface area (Å²) in [6.45, 7) is 8.22. The van der Waals surface area contributed by atoms with Crippen molar-refractivity contribution in [1.29, 1.82) is 0 Å². The second kappa shape index (κ2) is 4.55. The van der Waals surface area contributed by atoms with E-state index < -0.39 is 5.97 Å². The molecule has 0 aliphatic carbocycles. The first-order chi connectivity index (χ1) is 7.44. The van der Waals surface area contributed by atoms with Crippen molar-refractivity contribution in [1.82, 2.24) is 9.55 Å². The molecule has 0 aromatic carbocycles. The van der Waals surface area contributed by atoms with E-state index in [1.165, 1.54) is 0 Å². The molecule has 0 amide bonds. The van der Waals surface area contributed by atoms with Crippen molar-refractivity contribution >= 4 is 11.8 Å². The first-order valence-electron chi connectivity index (χ1n) is 5.44. The summed E-state index contributed by atoms with van der Waals surface area (Å²) in [5.41, 5.74) is 5.94. The number of aromatic nitrogens is 2. The molecule has 2 N–H and O–H groups in total. The van der Waals surface area contributed by atoms with Crippen LogP contribution in [0.4, 0.5) is 5.82 Å². The zero-order valence-electron chi connectivity index (χ0n) is 10.3. The maximum Gasteiger partial charge on any atom is 0.360 e. The van der Waals surface area contributed by atoms with Gasteiger partial charge in [0.25, 0.3) is 0 Å². The molecule has 90 valence electrons. The van der Waals surface area contributed by atoms with Crippen LogP contribution in [0.3, 0.4) is 0 Å². The standard InChI is InChI=1S/C11H19N3O2/c1-5-11(3,4)14-7-13-8(9(14)12)10(15)16-6-2/h7H,5-6,12H2,1-4H3. The summed E-state index contributed by atoms with van der Waals surface area (Å²) in [4.78, 5) is 15.5. The summed E-state index contributed by atoms with van der Waals surface area (Å²) >= 11 is 0. The number of esters is 1. The van der Waals surface area contributed by atoms with Gasteiger partial charge in [0.2, 0.25) is 0 Å². The van der Waals surface area contributed by atoms with Crippen LogP contribution in [0.15, 0.2) is 6.33 Å². The monoisotopic (exact) mass is 225 g/mol. The number of imidazole rings is 1. The molecule has 0 bridgehead atoms. The molecule has 0 radical (unpaired) electrons. The van der Waals surface area contributed by atoms with Crippen LogP contribution in [0, 0.1) is 0 Å². The van der Waals surface area contributed by atoms with Crippen LogP contribution in [0.1, 0.15) is 44.6 Å². The van der Waals surface area contributed by atoms with E-state index in [9.17, 15) is 4.79 Å². The fourth-order valence-electron chi connectivity index (χ4n) is 1.37. The number of rotatable bonds is 4. The van der Waals surface area contributed by atoms with Gasteiger partial charge in [0, 0.05) is 5.54 Å². The van der Waals surface area contributed by atoms with Gasteiger partial charge in [-0.3, -0.25) is 0 Å². The number of anilines is 1. The highest BCUT2D eigenvalue weighted by molar-refractivity contribution is 5.92. The van der Waals surface area contributed by atoms with Gasteiger partial charge in [-0.15, -0.1) is 0 Å². The zero-order chi connectivity index (χ0) is 12.3. The second-order valence-electron chi connectivity index (χ2n) is 4.23. The van der Waals surface area contributed by atoms with E-state index in [0.717, 1.165) is 6.42 Å². The quantitative estimate of drug-likeness (QED) is 0.793. The molecule has 0 spiro atoms. The lowest BCUT2D eigenvalue weighted by Gasteiger charge is -2.25. The Morgan fingerprint density at radius 3 is 2.69 bits per heavy atom. The minimum Gasteiger partial charge on any atom is -0.461 e. The van der Waals surface area contributed by atoms with Crippen molar-refractivity contribution in [2.45, 2.75) is 39.7 Å². The lowest BCUT2D eigenvalue weighted by atomic mass is 10.0. The van der Waals surface area contributed by atoms with Gasteiger partial charge in [0.1, 0.15) is 5.82 Å². The molecular formula is C11H19N3O2. The van der Waals surface area contributed by atoms with Crippen LogP contribution in [0.25, 0.3) is 0 Å². The summed E-state index contributed by atoms with van der Waals surface area (Å²) in [6.07, 6.45) is 2.49.